The number of rotatable bonds is 1. The molecule has 0 aliphatic rings. The van der Waals surface area contributed by atoms with E-state index >= 15 is 0 Å². The van der Waals surface area contributed by atoms with Gasteiger partial charge in [-0.1, -0.05) is 0 Å². The van der Waals surface area contributed by atoms with Crippen LogP contribution in [0.3, 0.4) is 0 Å². The van der Waals surface area contributed by atoms with Gasteiger partial charge >= 0.3 is 0 Å². The molecular weight excluding hydrogens is 130 g/mol. The molecule has 3 nitrogen and oxygen atoms in total. The van der Waals surface area contributed by atoms with Gasteiger partial charge in [0.05, 0.1) is 0 Å². The van der Waals surface area contributed by atoms with Gasteiger partial charge in [0, 0.05) is 11.8 Å². The zero-order chi connectivity index (χ0) is 7.56. The van der Waals surface area contributed by atoms with Gasteiger partial charge in [0.15, 0.2) is 5.78 Å². The third kappa shape index (κ3) is 1.31. The summed E-state index contributed by atoms with van der Waals surface area (Å²) in [7, 11) is 0. The molecule has 0 fully saturated rings. The maximum Gasteiger partial charge on any atom is 0.159 e. The number of carbonyl (C=O) groups excluding carboxylic acids is 1. The second-order valence-corrected chi connectivity index (χ2v) is 1.94. The molecule has 0 atom stereocenters. The van der Waals surface area contributed by atoms with Gasteiger partial charge in [-0.3, -0.25) is 9.78 Å². The molecule has 0 aliphatic carbocycles. The maximum atomic E-state index is 10.6. The van der Waals surface area contributed by atoms with Gasteiger partial charge in [0.1, 0.15) is 0 Å². The number of hydrogen-bond donors (Lipinski definition) is 0. The van der Waals surface area contributed by atoms with E-state index in [0.717, 1.165) is 0 Å². The molecule has 0 N–H and O–H groups in total. The zero-order valence-corrected chi connectivity index (χ0v) is 5.50. The highest BCUT2D eigenvalue weighted by atomic mass is 16.3. The van der Waals surface area contributed by atoms with Crippen LogP contribution in [0.2, 0.25) is 0 Å². The fraction of sp³-hybridized carbons (Fsp3) is 0.143. The Kier molecular flexibility index (Phi) is 1.67. The first kappa shape index (κ1) is 6.74. The second kappa shape index (κ2) is 2.47. The van der Waals surface area contributed by atoms with Crippen molar-refractivity contribution in [3.63, 3.8) is 0 Å². The molecule has 0 amide bonds. The summed E-state index contributed by atoms with van der Waals surface area (Å²) in [5.41, 5.74) is 0.417. The summed E-state index contributed by atoms with van der Waals surface area (Å²) in [6.07, 6.45) is 1.33. The largest absolute Gasteiger partial charge is 0.859 e. The van der Waals surface area contributed by atoms with E-state index in [1.807, 2.05) is 0 Å². The van der Waals surface area contributed by atoms with E-state index in [-0.39, 0.29) is 11.7 Å². The van der Waals surface area contributed by atoms with Crippen LogP contribution in [0.5, 0.6) is 5.88 Å². The zero-order valence-electron chi connectivity index (χ0n) is 5.50. The highest BCUT2D eigenvalue weighted by Gasteiger charge is 1.94. The minimum absolute atomic E-state index is 0.112. The minimum Gasteiger partial charge on any atom is -0.859 e. The predicted molar refractivity (Wildman–Crippen MR) is 33.7 cm³/mol. The highest BCUT2D eigenvalue weighted by molar-refractivity contribution is 5.94. The average molecular weight is 136 g/mol. The lowest BCUT2D eigenvalue weighted by atomic mass is 10.2. The Hall–Kier alpha value is -1.38. The van der Waals surface area contributed by atoms with Crippen molar-refractivity contribution in [2.45, 2.75) is 6.92 Å². The summed E-state index contributed by atoms with van der Waals surface area (Å²) in [4.78, 5) is 14.0. The molecule has 1 aromatic rings. The third-order valence-corrected chi connectivity index (χ3v) is 1.14. The van der Waals surface area contributed by atoms with Gasteiger partial charge in [-0.25, -0.2) is 0 Å². The number of Topliss-reactive ketones (excluding diaryl/α,β-unsaturated/α-hetero) is 1. The topological polar surface area (TPSA) is 53.0 Å². The average Bonchev–Trinajstić information content (AvgIpc) is 1.88. The van der Waals surface area contributed by atoms with E-state index in [1.165, 1.54) is 25.3 Å². The number of hydrogen-bond acceptors (Lipinski definition) is 3. The van der Waals surface area contributed by atoms with Crippen molar-refractivity contribution in [1.29, 1.82) is 0 Å². The third-order valence-electron chi connectivity index (χ3n) is 1.14. The van der Waals surface area contributed by atoms with Crippen LogP contribution >= 0.6 is 0 Å². The lowest BCUT2D eigenvalue weighted by Gasteiger charge is -2.02. The van der Waals surface area contributed by atoms with Crippen LogP contribution in [0.15, 0.2) is 18.3 Å². The normalized spacial score (nSPS) is 9.30. The van der Waals surface area contributed by atoms with Crippen LogP contribution in [-0.4, -0.2) is 10.8 Å². The first-order valence-electron chi connectivity index (χ1n) is 2.84. The molecule has 0 aromatic carbocycles. The van der Waals surface area contributed by atoms with Gasteiger partial charge in [0.25, 0.3) is 0 Å². The van der Waals surface area contributed by atoms with Crippen molar-refractivity contribution in [3.8, 4) is 5.88 Å². The van der Waals surface area contributed by atoms with E-state index in [1.54, 1.807) is 0 Å². The van der Waals surface area contributed by atoms with Gasteiger partial charge < -0.3 is 5.11 Å². The molecule has 52 valence electrons. The van der Waals surface area contributed by atoms with Gasteiger partial charge in [-0.15, -0.1) is 0 Å². The molecule has 0 saturated carbocycles. The van der Waals surface area contributed by atoms with Crippen LogP contribution in [0.4, 0.5) is 0 Å². The second-order valence-electron chi connectivity index (χ2n) is 1.94. The van der Waals surface area contributed by atoms with Crippen molar-refractivity contribution in [2.75, 3.05) is 0 Å². The minimum atomic E-state index is -0.368. The van der Waals surface area contributed by atoms with Crippen LogP contribution in [-0.2, 0) is 0 Å². The molecule has 3 heteroatoms. The Balaban J connectivity index is 3.07. The maximum absolute atomic E-state index is 10.6. The van der Waals surface area contributed by atoms with Crippen molar-refractivity contribution in [3.05, 3.63) is 23.9 Å². The number of carbonyl (C=O) groups is 1. The Labute approximate surface area is 58.3 Å². The van der Waals surface area contributed by atoms with Gasteiger partial charge in [-0.2, -0.15) is 0 Å². The van der Waals surface area contributed by atoms with Crippen LogP contribution in [0, 0.1) is 0 Å². The number of ketones is 1. The van der Waals surface area contributed by atoms with Crippen LogP contribution in [0.25, 0.3) is 0 Å². The Morgan fingerprint density at radius 2 is 2.40 bits per heavy atom. The SMILES string of the molecule is CC(=O)c1ccnc([O-])c1. The summed E-state index contributed by atoms with van der Waals surface area (Å²) < 4.78 is 0. The standard InChI is InChI=1S/C7H7NO2/c1-5(9)6-2-3-8-7(10)4-6/h2-4H,1H3,(H,8,10)/p-1. The van der Waals surface area contributed by atoms with Crippen LogP contribution < -0.4 is 5.11 Å². The molecular formula is C7H6NO2-. The molecule has 1 aromatic heterocycles. The highest BCUT2D eigenvalue weighted by Crippen LogP contribution is 2.03. The molecule has 0 aliphatic heterocycles. The van der Waals surface area contributed by atoms with E-state index in [0.29, 0.717) is 5.56 Å². The predicted octanol–water partition coefficient (Wildman–Crippen LogP) is 0.358. The lowest BCUT2D eigenvalue weighted by molar-refractivity contribution is -0.275. The fourth-order valence-electron chi connectivity index (χ4n) is 0.628. The van der Waals surface area contributed by atoms with E-state index in [9.17, 15) is 9.90 Å². The first-order valence-corrected chi connectivity index (χ1v) is 2.84. The summed E-state index contributed by atoms with van der Waals surface area (Å²) in [5.74, 6) is -0.479. The number of aromatic nitrogens is 1. The van der Waals surface area contributed by atoms with E-state index in [4.69, 9.17) is 0 Å². The monoisotopic (exact) mass is 136 g/mol. The number of pyridine rings is 1. The smallest absolute Gasteiger partial charge is 0.159 e. The Morgan fingerprint density at radius 1 is 1.70 bits per heavy atom. The molecule has 0 spiro atoms. The Morgan fingerprint density at radius 3 is 2.80 bits per heavy atom. The van der Waals surface area contributed by atoms with E-state index in [2.05, 4.69) is 4.98 Å². The molecule has 10 heavy (non-hydrogen) atoms. The lowest BCUT2D eigenvalue weighted by Crippen LogP contribution is -1.97. The van der Waals surface area contributed by atoms with Crippen molar-refractivity contribution in [2.24, 2.45) is 0 Å². The summed E-state index contributed by atoms with van der Waals surface area (Å²) in [6.45, 7) is 1.41. The first-order chi connectivity index (χ1) is 4.70. The molecule has 0 unspecified atom stereocenters. The van der Waals surface area contributed by atoms with Crippen molar-refractivity contribution < 1.29 is 9.90 Å². The number of nitrogens with zero attached hydrogens (tertiary/aromatic N) is 1. The molecule has 1 heterocycles. The van der Waals surface area contributed by atoms with Gasteiger partial charge in [-0.05, 0) is 24.9 Å². The summed E-state index contributed by atoms with van der Waals surface area (Å²) in [6, 6.07) is 2.74. The van der Waals surface area contributed by atoms with Crippen molar-refractivity contribution >= 4 is 5.78 Å². The van der Waals surface area contributed by atoms with E-state index < -0.39 is 0 Å². The molecule has 0 saturated heterocycles. The molecule has 1 rings (SSSR count). The van der Waals surface area contributed by atoms with Gasteiger partial charge in [0.2, 0.25) is 0 Å². The molecule has 0 bridgehead atoms. The summed E-state index contributed by atoms with van der Waals surface area (Å²) >= 11 is 0. The fourth-order valence-corrected chi connectivity index (χ4v) is 0.628. The van der Waals surface area contributed by atoms with Crippen LogP contribution in [0.1, 0.15) is 17.3 Å². The summed E-state index contributed by atoms with van der Waals surface area (Å²) in [5, 5.41) is 10.5. The quantitative estimate of drug-likeness (QED) is 0.523. The van der Waals surface area contributed by atoms with Crippen molar-refractivity contribution in [1.82, 2.24) is 4.98 Å². The Bertz CT molecular complexity index is 258. The molecule has 0 radical (unpaired) electrons.